The van der Waals surface area contributed by atoms with Gasteiger partial charge in [0.1, 0.15) is 9.79 Å². The normalized spacial score (nSPS) is 13.8. The van der Waals surface area contributed by atoms with Crippen molar-refractivity contribution < 1.29 is 141 Å². The average Bonchev–Trinajstić information content (AvgIpc) is 2.55. The van der Waals surface area contributed by atoms with Crippen molar-refractivity contribution in [2.45, 2.75) is 9.79 Å². The second-order valence-electron chi connectivity index (χ2n) is 5.70. The van der Waals surface area contributed by atoms with E-state index in [-0.39, 0.29) is 135 Å². The second-order valence-corrected chi connectivity index (χ2v) is 8.48. The Kier molecular flexibility index (Phi) is 9.25. The number of nitrogens with two attached hydrogens (primary N) is 2. The fourth-order valence-corrected chi connectivity index (χ4v) is 4.38. The van der Waals surface area contributed by atoms with E-state index in [1.54, 1.807) is 0 Å². The molecule has 0 unspecified atom stereocenters. The number of nitrogen functional groups attached to an aromatic ring is 1. The molecule has 1 heterocycles. The monoisotopic (exact) mass is 495 g/mol. The summed E-state index contributed by atoms with van der Waals surface area (Å²) < 4.78 is 65.6. The quantitative estimate of drug-likeness (QED) is 0.137. The summed E-state index contributed by atoms with van der Waals surface area (Å²) in [5, 5.41) is -0.785. The molecule has 148 valence electrons. The van der Waals surface area contributed by atoms with Gasteiger partial charge in [-0.25, -0.2) is 0 Å². The number of rotatable bonds is 4. The van der Waals surface area contributed by atoms with E-state index in [0.29, 0.717) is 0 Å². The molecular formula is C14H15K2N3O8S2. The number of hydrogen-bond donors (Lipinski definition) is 4. The topological polar surface area (TPSA) is 198 Å². The van der Waals surface area contributed by atoms with Crippen LogP contribution in [0.1, 0.15) is 23.6 Å². The first-order chi connectivity index (χ1) is 12.4. The molecule has 3 rings (SSSR count). The molecule has 0 fully saturated rings. The van der Waals surface area contributed by atoms with Crippen LogP contribution in [0.25, 0.3) is 10.8 Å². The van der Waals surface area contributed by atoms with Crippen molar-refractivity contribution in [1.82, 2.24) is 4.90 Å². The summed E-state index contributed by atoms with van der Waals surface area (Å²) in [5.74, 6) is -1.73. The zero-order chi connectivity index (χ0) is 20.3. The van der Waals surface area contributed by atoms with Crippen molar-refractivity contribution in [2.75, 3.05) is 18.8 Å². The molecule has 2 aromatic rings. The van der Waals surface area contributed by atoms with Crippen LogP contribution in [-0.2, 0) is 20.2 Å². The van der Waals surface area contributed by atoms with Gasteiger partial charge in [-0.1, -0.05) is 0 Å². The molecular weight excluding hydrogens is 480 g/mol. The summed E-state index contributed by atoms with van der Waals surface area (Å²) in [7, 11) is -9.86. The number of hydrogen-bond acceptors (Lipinski definition) is 8. The van der Waals surface area contributed by atoms with Gasteiger partial charge in [-0.05, 0) is 18.2 Å². The molecule has 6 N–H and O–H groups in total. The molecule has 2 aromatic carbocycles. The summed E-state index contributed by atoms with van der Waals surface area (Å²) in [6.07, 6.45) is 0. The zero-order valence-electron chi connectivity index (χ0n) is 17.4. The van der Waals surface area contributed by atoms with Crippen molar-refractivity contribution in [1.29, 1.82) is 0 Å². The van der Waals surface area contributed by atoms with E-state index >= 15 is 0 Å². The molecule has 0 saturated heterocycles. The van der Waals surface area contributed by atoms with Gasteiger partial charge < -0.3 is 14.3 Å². The number of amides is 2. The third kappa shape index (κ3) is 4.88. The maximum Gasteiger partial charge on any atom is 1.00 e. The molecule has 29 heavy (non-hydrogen) atoms. The largest absolute Gasteiger partial charge is 1.00 e. The minimum atomic E-state index is -4.96. The average molecular weight is 496 g/mol. The first-order valence-corrected chi connectivity index (χ1v) is 10.2. The van der Waals surface area contributed by atoms with Gasteiger partial charge in [0, 0.05) is 29.4 Å². The molecule has 1 aliphatic heterocycles. The Balaban J connectivity index is 0. The van der Waals surface area contributed by atoms with Crippen LogP contribution in [0.5, 0.6) is 0 Å². The van der Waals surface area contributed by atoms with Crippen LogP contribution >= 0.6 is 0 Å². The van der Waals surface area contributed by atoms with Crippen LogP contribution in [0.2, 0.25) is 0 Å². The van der Waals surface area contributed by atoms with Crippen molar-refractivity contribution >= 4 is 48.5 Å². The SMILES string of the molecule is NCCN1C(=O)c2ccc(S(=O)(=O)O)c3c(N)c(S(=O)(=O)O)cc(c23)C1=O.[H-].[H-].[K+].[K+]. The first kappa shape index (κ1) is 27.7. The van der Waals surface area contributed by atoms with E-state index in [1.807, 2.05) is 0 Å². The van der Waals surface area contributed by atoms with Crippen LogP contribution in [0.4, 0.5) is 5.69 Å². The molecule has 0 spiro atoms. The molecule has 11 nitrogen and oxygen atoms in total. The van der Waals surface area contributed by atoms with E-state index in [9.17, 15) is 35.5 Å². The number of carbonyl (C=O) groups is 2. The van der Waals surface area contributed by atoms with Crippen LogP contribution in [-0.4, -0.2) is 55.7 Å². The Labute approximate surface area is 253 Å². The fraction of sp³-hybridized carbons (Fsp3) is 0.143. The van der Waals surface area contributed by atoms with Gasteiger partial charge in [0.05, 0.1) is 11.3 Å². The van der Waals surface area contributed by atoms with Gasteiger partial charge >= 0.3 is 103 Å². The molecule has 0 saturated carbocycles. The Morgan fingerprint density at radius 2 is 1.41 bits per heavy atom. The van der Waals surface area contributed by atoms with Crippen molar-refractivity contribution in [2.24, 2.45) is 5.73 Å². The Bertz CT molecular complexity index is 1260. The summed E-state index contributed by atoms with van der Waals surface area (Å²) in [6.45, 7) is -0.247. The van der Waals surface area contributed by atoms with Gasteiger partial charge in [0.2, 0.25) is 0 Å². The van der Waals surface area contributed by atoms with Gasteiger partial charge in [0.25, 0.3) is 32.1 Å². The molecule has 0 aromatic heterocycles. The Morgan fingerprint density at radius 3 is 1.90 bits per heavy atom. The zero-order valence-corrected chi connectivity index (χ0v) is 23.3. The summed E-state index contributed by atoms with van der Waals surface area (Å²) in [4.78, 5) is 24.3. The maximum atomic E-state index is 12.7. The standard InChI is InChI=1S/C14H13N3O8S2.2K.2H/c15-3-4-17-13(18)6-1-2-8(26(20,21)22)11-10(6)7(14(17)19)5-9(12(11)16)27(23,24)25;;;;/h1-2,5H,3-4,15-16H2,(H,20,21,22)(H,23,24,25);;;;/q;2*+1;2*-1. The van der Waals surface area contributed by atoms with Crippen molar-refractivity contribution in [3.8, 4) is 0 Å². The van der Waals surface area contributed by atoms with Gasteiger partial charge in [-0.3, -0.25) is 23.6 Å². The molecule has 0 bridgehead atoms. The van der Waals surface area contributed by atoms with Crippen LogP contribution in [0.15, 0.2) is 28.0 Å². The number of benzene rings is 2. The minimum absolute atomic E-state index is 0. The Morgan fingerprint density at radius 1 is 0.897 bits per heavy atom. The van der Waals surface area contributed by atoms with E-state index < -0.39 is 52.9 Å². The molecule has 0 aliphatic carbocycles. The van der Waals surface area contributed by atoms with Gasteiger partial charge in [-0.15, -0.1) is 0 Å². The van der Waals surface area contributed by atoms with Gasteiger partial charge in [0.15, 0.2) is 0 Å². The van der Waals surface area contributed by atoms with E-state index in [0.717, 1.165) is 23.1 Å². The number of nitrogens with zero attached hydrogens (tertiary/aromatic N) is 1. The molecule has 2 amide bonds. The molecule has 0 atom stereocenters. The first-order valence-electron chi connectivity index (χ1n) is 7.30. The third-order valence-electron chi connectivity index (χ3n) is 4.11. The van der Waals surface area contributed by atoms with Crippen molar-refractivity contribution in [3.63, 3.8) is 0 Å². The summed E-state index contributed by atoms with van der Waals surface area (Å²) in [5.41, 5.74) is 9.90. The number of carbonyl (C=O) groups excluding carboxylic acids is 2. The smallest absolute Gasteiger partial charge is 1.00 e. The maximum absolute atomic E-state index is 12.7. The predicted molar refractivity (Wildman–Crippen MR) is 94.6 cm³/mol. The van der Waals surface area contributed by atoms with Gasteiger partial charge in [-0.2, -0.15) is 16.8 Å². The van der Waals surface area contributed by atoms with Crippen LogP contribution in [0, 0.1) is 0 Å². The van der Waals surface area contributed by atoms with Crippen LogP contribution in [0.3, 0.4) is 0 Å². The molecule has 15 heteroatoms. The minimum Gasteiger partial charge on any atom is -1.00 e. The number of imide groups is 1. The van der Waals surface area contributed by atoms with Crippen LogP contribution < -0.4 is 114 Å². The molecule has 1 aliphatic rings. The van der Waals surface area contributed by atoms with E-state index in [4.69, 9.17) is 11.5 Å². The fourth-order valence-electron chi connectivity index (χ4n) is 3.03. The third-order valence-corrected chi connectivity index (χ3v) is 5.90. The van der Waals surface area contributed by atoms with Crippen molar-refractivity contribution in [3.05, 3.63) is 29.3 Å². The Hall–Kier alpha value is 0.693. The number of anilines is 1. The summed E-state index contributed by atoms with van der Waals surface area (Å²) >= 11 is 0. The second kappa shape index (κ2) is 9.67. The van der Waals surface area contributed by atoms with E-state index in [1.165, 1.54) is 0 Å². The summed E-state index contributed by atoms with van der Waals surface area (Å²) in [6, 6.07) is 2.68. The molecule has 0 radical (unpaired) electrons. The predicted octanol–water partition coefficient (Wildman–Crippen LogP) is -6.30. The van der Waals surface area contributed by atoms with E-state index in [2.05, 4.69) is 0 Å².